The van der Waals surface area contributed by atoms with E-state index in [-0.39, 0.29) is 18.1 Å². The zero-order chi connectivity index (χ0) is 17.8. The third-order valence-electron chi connectivity index (χ3n) is 4.73. The van der Waals surface area contributed by atoms with E-state index in [0.29, 0.717) is 12.2 Å². The van der Waals surface area contributed by atoms with Crippen molar-refractivity contribution >= 4 is 5.91 Å². The molecule has 0 spiro atoms. The summed E-state index contributed by atoms with van der Waals surface area (Å²) in [7, 11) is 2.07. The Bertz CT molecular complexity index is 733. The highest BCUT2D eigenvalue weighted by molar-refractivity contribution is 5.97. The molecule has 2 atom stereocenters. The van der Waals surface area contributed by atoms with Crippen molar-refractivity contribution < 1.29 is 9.53 Å². The minimum atomic E-state index is -0.0698. The molecule has 5 nitrogen and oxygen atoms in total. The number of likely N-dealkylation sites (N-methyl/N-ethyl adjacent to an activating group) is 1. The van der Waals surface area contributed by atoms with Crippen LogP contribution in [-0.4, -0.2) is 54.7 Å². The Morgan fingerprint density at radius 3 is 2.88 bits per heavy atom. The van der Waals surface area contributed by atoms with Gasteiger partial charge in [-0.25, -0.2) is 0 Å². The van der Waals surface area contributed by atoms with Crippen LogP contribution < -0.4 is 5.32 Å². The topological polar surface area (TPSA) is 54.5 Å². The Hall–Kier alpha value is -2.24. The molecule has 2 aromatic rings. The van der Waals surface area contributed by atoms with Gasteiger partial charge in [-0.1, -0.05) is 18.2 Å². The molecule has 5 heteroatoms. The fourth-order valence-corrected chi connectivity index (χ4v) is 3.17. The molecule has 1 aliphatic rings. The summed E-state index contributed by atoms with van der Waals surface area (Å²) in [6.45, 7) is 6.43. The summed E-state index contributed by atoms with van der Waals surface area (Å²) in [4.78, 5) is 19.4. The second-order valence-corrected chi connectivity index (χ2v) is 6.63. The van der Waals surface area contributed by atoms with Crippen molar-refractivity contribution in [1.82, 2.24) is 15.2 Å². The van der Waals surface area contributed by atoms with Gasteiger partial charge in [-0.05, 0) is 44.7 Å². The van der Waals surface area contributed by atoms with Gasteiger partial charge in [0, 0.05) is 30.4 Å². The summed E-state index contributed by atoms with van der Waals surface area (Å²) < 4.78 is 5.80. The van der Waals surface area contributed by atoms with Crippen molar-refractivity contribution in [2.75, 3.05) is 26.7 Å². The lowest BCUT2D eigenvalue weighted by molar-refractivity contribution is -0.0342. The number of nitrogens with one attached hydrogen (secondary N) is 1. The maximum atomic E-state index is 12.8. The Morgan fingerprint density at radius 2 is 2.16 bits per heavy atom. The fraction of sp³-hybridized carbons (Fsp3) is 0.400. The number of ether oxygens (including phenoxy) is 1. The van der Waals surface area contributed by atoms with Gasteiger partial charge in [-0.2, -0.15) is 0 Å². The second kappa shape index (κ2) is 7.76. The van der Waals surface area contributed by atoms with E-state index in [9.17, 15) is 4.79 Å². The number of amides is 1. The lowest BCUT2D eigenvalue weighted by Crippen LogP contribution is -2.51. The standard InChI is InChI=1S/C20H25N3O2/c1-14-16(18-9-4-5-10-21-18)7-6-8-17(14)20(24)22-15(2)19-13-23(3)11-12-25-19/h4-10,15,19H,11-13H2,1-3H3,(H,22,24)/t15-,19+/m0/s1. The lowest BCUT2D eigenvalue weighted by atomic mass is 9.98. The van der Waals surface area contributed by atoms with Crippen molar-refractivity contribution in [2.45, 2.75) is 26.0 Å². The molecule has 1 saturated heterocycles. The van der Waals surface area contributed by atoms with Crippen LogP contribution in [0.3, 0.4) is 0 Å². The largest absolute Gasteiger partial charge is 0.373 e. The molecule has 25 heavy (non-hydrogen) atoms. The number of carbonyl (C=O) groups excluding carboxylic acids is 1. The molecule has 1 fully saturated rings. The number of hydrogen-bond acceptors (Lipinski definition) is 4. The smallest absolute Gasteiger partial charge is 0.251 e. The summed E-state index contributed by atoms with van der Waals surface area (Å²) in [5.41, 5.74) is 3.47. The molecule has 1 amide bonds. The van der Waals surface area contributed by atoms with E-state index in [1.807, 2.05) is 50.2 Å². The average Bonchev–Trinajstić information content (AvgIpc) is 2.62. The van der Waals surface area contributed by atoms with E-state index in [1.54, 1.807) is 6.20 Å². The van der Waals surface area contributed by atoms with Crippen LogP contribution in [0.2, 0.25) is 0 Å². The second-order valence-electron chi connectivity index (χ2n) is 6.63. The Kier molecular flexibility index (Phi) is 5.46. The van der Waals surface area contributed by atoms with Crippen LogP contribution >= 0.6 is 0 Å². The van der Waals surface area contributed by atoms with Crippen molar-refractivity contribution in [3.63, 3.8) is 0 Å². The number of benzene rings is 1. The first-order chi connectivity index (χ1) is 12.1. The van der Waals surface area contributed by atoms with Crippen molar-refractivity contribution in [3.05, 3.63) is 53.7 Å². The molecule has 1 aliphatic heterocycles. The van der Waals surface area contributed by atoms with E-state index in [1.165, 1.54) is 0 Å². The van der Waals surface area contributed by atoms with Gasteiger partial charge in [-0.15, -0.1) is 0 Å². The van der Waals surface area contributed by atoms with Gasteiger partial charge in [0.2, 0.25) is 0 Å². The molecule has 2 heterocycles. The molecule has 0 unspecified atom stereocenters. The van der Waals surface area contributed by atoms with E-state index in [0.717, 1.165) is 29.9 Å². The molecule has 132 valence electrons. The predicted octanol–water partition coefficient (Wildman–Crippen LogP) is 2.51. The molecule has 1 aromatic heterocycles. The Morgan fingerprint density at radius 1 is 1.32 bits per heavy atom. The summed E-state index contributed by atoms with van der Waals surface area (Å²) in [5.74, 6) is -0.0698. The van der Waals surface area contributed by atoms with Crippen LogP contribution in [0, 0.1) is 6.92 Å². The zero-order valence-electron chi connectivity index (χ0n) is 15.0. The van der Waals surface area contributed by atoms with Crippen LogP contribution in [0.5, 0.6) is 0 Å². The van der Waals surface area contributed by atoms with Gasteiger partial charge >= 0.3 is 0 Å². The van der Waals surface area contributed by atoms with E-state index in [2.05, 4.69) is 22.2 Å². The molecule has 0 radical (unpaired) electrons. The minimum Gasteiger partial charge on any atom is -0.373 e. The number of aromatic nitrogens is 1. The number of rotatable bonds is 4. The highest BCUT2D eigenvalue weighted by atomic mass is 16.5. The quantitative estimate of drug-likeness (QED) is 0.930. The van der Waals surface area contributed by atoms with E-state index >= 15 is 0 Å². The fourth-order valence-electron chi connectivity index (χ4n) is 3.17. The first-order valence-electron chi connectivity index (χ1n) is 8.68. The third kappa shape index (κ3) is 4.06. The third-order valence-corrected chi connectivity index (χ3v) is 4.73. The average molecular weight is 339 g/mol. The van der Waals surface area contributed by atoms with Crippen LogP contribution in [0.15, 0.2) is 42.6 Å². The summed E-state index contributed by atoms with van der Waals surface area (Å²) in [6.07, 6.45) is 1.78. The summed E-state index contributed by atoms with van der Waals surface area (Å²) in [6, 6.07) is 11.5. The number of pyridine rings is 1. The lowest BCUT2D eigenvalue weighted by Gasteiger charge is -2.34. The first kappa shape index (κ1) is 17.6. The monoisotopic (exact) mass is 339 g/mol. The van der Waals surface area contributed by atoms with Crippen molar-refractivity contribution in [1.29, 1.82) is 0 Å². The number of hydrogen-bond donors (Lipinski definition) is 1. The maximum absolute atomic E-state index is 12.8. The summed E-state index contributed by atoms with van der Waals surface area (Å²) in [5, 5.41) is 3.09. The number of morpholine rings is 1. The zero-order valence-corrected chi connectivity index (χ0v) is 15.0. The van der Waals surface area contributed by atoms with Crippen molar-refractivity contribution in [3.8, 4) is 11.3 Å². The van der Waals surface area contributed by atoms with Crippen LogP contribution in [-0.2, 0) is 4.74 Å². The van der Waals surface area contributed by atoms with Crippen LogP contribution in [0.1, 0.15) is 22.8 Å². The molecule has 0 aliphatic carbocycles. The molecule has 1 aromatic carbocycles. The molecule has 3 rings (SSSR count). The molecule has 0 bridgehead atoms. The van der Waals surface area contributed by atoms with Gasteiger partial charge in [-0.3, -0.25) is 9.78 Å². The van der Waals surface area contributed by atoms with Gasteiger partial charge in [0.05, 0.1) is 24.4 Å². The summed E-state index contributed by atoms with van der Waals surface area (Å²) >= 11 is 0. The van der Waals surface area contributed by atoms with Gasteiger partial charge < -0.3 is 15.0 Å². The van der Waals surface area contributed by atoms with Crippen LogP contribution in [0.25, 0.3) is 11.3 Å². The maximum Gasteiger partial charge on any atom is 0.251 e. The highest BCUT2D eigenvalue weighted by Crippen LogP contribution is 2.24. The van der Waals surface area contributed by atoms with Gasteiger partial charge in [0.15, 0.2) is 0 Å². The Labute approximate surface area is 149 Å². The van der Waals surface area contributed by atoms with E-state index < -0.39 is 0 Å². The number of carbonyl (C=O) groups is 1. The molecule has 1 N–H and O–H groups in total. The van der Waals surface area contributed by atoms with E-state index in [4.69, 9.17) is 4.74 Å². The SMILES string of the molecule is Cc1c(C(=O)N[C@@H](C)[C@H]2CN(C)CCO2)cccc1-c1ccccn1. The van der Waals surface area contributed by atoms with Gasteiger partial charge in [0.1, 0.15) is 0 Å². The molecule has 0 saturated carbocycles. The highest BCUT2D eigenvalue weighted by Gasteiger charge is 2.25. The predicted molar refractivity (Wildman–Crippen MR) is 98.6 cm³/mol. The van der Waals surface area contributed by atoms with Crippen LogP contribution in [0.4, 0.5) is 0 Å². The van der Waals surface area contributed by atoms with Gasteiger partial charge in [0.25, 0.3) is 5.91 Å². The minimum absolute atomic E-state index is 0.0157. The normalized spacial score (nSPS) is 19.4. The first-order valence-corrected chi connectivity index (χ1v) is 8.68. The van der Waals surface area contributed by atoms with Crippen molar-refractivity contribution in [2.24, 2.45) is 0 Å². The molecular formula is C20H25N3O2. The molecular weight excluding hydrogens is 314 g/mol. The number of nitrogens with zero attached hydrogens (tertiary/aromatic N) is 2. The Balaban J connectivity index is 1.76.